The Labute approximate surface area is 127 Å². The maximum Gasteiger partial charge on any atom is 0.178 e. The number of hydrogen-bond acceptors (Lipinski definition) is 3. The van der Waals surface area contributed by atoms with Gasteiger partial charge >= 0.3 is 0 Å². The first-order valence-corrected chi connectivity index (χ1v) is 7.86. The van der Waals surface area contributed by atoms with Gasteiger partial charge in [0, 0.05) is 12.6 Å². The van der Waals surface area contributed by atoms with Crippen LogP contribution in [0.5, 0.6) is 0 Å². The molecule has 2 aliphatic rings. The summed E-state index contributed by atoms with van der Waals surface area (Å²) >= 11 is 5.35. The highest BCUT2D eigenvalue weighted by Crippen LogP contribution is 2.24. The van der Waals surface area contributed by atoms with Crippen molar-refractivity contribution in [1.82, 2.24) is 14.5 Å². The Morgan fingerprint density at radius 3 is 3.24 bits per heavy atom. The molecule has 21 heavy (non-hydrogen) atoms. The lowest BCUT2D eigenvalue weighted by Crippen LogP contribution is -2.47. The highest BCUT2D eigenvalue weighted by atomic mass is 32.1. The molecule has 2 atom stereocenters. The zero-order valence-corrected chi connectivity index (χ0v) is 12.5. The number of ether oxygens (including phenoxy) is 1. The fourth-order valence-electron chi connectivity index (χ4n) is 3.53. The third kappa shape index (κ3) is 2.31. The monoisotopic (exact) mass is 307 g/mol. The number of rotatable bonds is 2. The first-order valence-electron chi connectivity index (χ1n) is 7.45. The van der Waals surface area contributed by atoms with E-state index in [1.165, 1.54) is 25.5 Å². The normalized spacial score (nSPS) is 26.3. The lowest BCUT2D eigenvalue weighted by atomic mass is 10.2. The molecule has 4 rings (SSSR count). The molecule has 0 amide bonds. The first-order chi connectivity index (χ1) is 10.2. The molecule has 0 bridgehead atoms. The van der Waals surface area contributed by atoms with Gasteiger partial charge in [-0.25, -0.2) is 4.39 Å². The topological polar surface area (TPSA) is 33.2 Å². The SMILES string of the molecule is Fc1cccc2c1[nH]c(=S)n2CC1CN2CCCC2CO1. The van der Waals surface area contributed by atoms with E-state index in [1.807, 2.05) is 10.6 Å². The lowest BCUT2D eigenvalue weighted by molar-refractivity contribution is -0.0548. The van der Waals surface area contributed by atoms with Crippen molar-refractivity contribution in [1.29, 1.82) is 0 Å². The Morgan fingerprint density at radius 1 is 1.43 bits per heavy atom. The molecule has 2 fully saturated rings. The number of aromatic amines is 1. The Morgan fingerprint density at radius 2 is 2.33 bits per heavy atom. The molecule has 0 spiro atoms. The number of imidazole rings is 1. The molecule has 2 aliphatic heterocycles. The van der Waals surface area contributed by atoms with Gasteiger partial charge in [-0.3, -0.25) is 4.90 Å². The molecular formula is C15H18FN3OS. The van der Waals surface area contributed by atoms with Crippen LogP contribution in [0.15, 0.2) is 18.2 Å². The second kappa shape index (κ2) is 5.19. The van der Waals surface area contributed by atoms with Crippen LogP contribution in [0.4, 0.5) is 4.39 Å². The minimum atomic E-state index is -0.262. The lowest BCUT2D eigenvalue weighted by Gasteiger charge is -2.35. The molecular weight excluding hydrogens is 289 g/mol. The summed E-state index contributed by atoms with van der Waals surface area (Å²) in [5.74, 6) is -0.262. The zero-order valence-electron chi connectivity index (χ0n) is 11.7. The number of nitrogens with zero attached hydrogens (tertiary/aromatic N) is 2. The highest BCUT2D eigenvalue weighted by Gasteiger charge is 2.32. The second-order valence-electron chi connectivity index (χ2n) is 5.92. The minimum absolute atomic E-state index is 0.119. The summed E-state index contributed by atoms with van der Waals surface area (Å²) < 4.78 is 22.3. The number of halogens is 1. The average Bonchev–Trinajstić information content (AvgIpc) is 3.05. The molecule has 0 saturated carbocycles. The molecule has 1 N–H and O–H groups in total. The Kier molecular flexibility index (Phi) is 3.32. The largest absolute Gasteiger partial charge is 0.373 e. The van der Waals surface area contributed by atoms with Gasteiger partial charge in [-0.2, -0.15) is 0 Å². The Bertz CT molecular complexity index is 725. The van der Waals surface area contributed by atoms with Gasteiger partial charge in [0.2, 0.25) is 0 Å². The zero-order chi connectivity index (χ0) is 14.4. The quantitative estimate of drug-likeness (QED) is 0.866. The van der Waals surface area contributed by atoms with Crippen LogP contribution in [0.25, 0.3) is 11.0 Å². The van der Waals surface area contributed by atoms with Gasteiger partial charge < -0.3 is 14.3 Å². The third-order valence-corrected chi connectivity index (χ3v) is 4.93. The molecule has 2 saturated heterocycles. The van der Waals surface area contributed by atoms with E-state index >= 15 is 0 Å². The van der Waals surface area contributed by atoms with Gasteiger partial charge in [0.1, 0.15) is 11.3 Å². The van der Waals surface area contributed by atoms with Crippen molar-refractivity contribution in [3.8, 4) is 0 Å². The molecule has 6 heteroatoms. The van der Waals surface area contributed by atoms with Crippen LogP contribution >= 0.6 is 12.2 Å². The summed E-state index contributed by atoms with van der Waals surface area (Å²) in [6.07, 6.45) is 2.62. The summed E-state index contributed by atoms with van der Waals surface area (Å²) in [6.45, 7) is 3.58. The van der Waals surface area contributed by atoms with Crippen molar-refractivity contribution in [3.05, 3.63) is 28.8 Å². The summed E-state index contributed by atoms with van der Waals surface area (Å²) in [4.78, 5) is 5.47. The standard InChI is InChI=1S/C15H18FN3OS/c16-12-4-1-5-13-14(12)17-15(21)19(13)8-11-7-18-6-2-3-10(18)9-20-11/h1,4-5,10-11H,2-3,6-9H2,(H,17,21). The highest BCUT2D eigenvalue weighted by molar-refractivity contribution is 7.71. The molecule has 0 radical (unpaired) electrons. The van der Waals surface area contributed by atoms with Crippen LogP contribution in [0.2, 0.25) is 0 Å². The van der Waals surface area contributed by atoms with Gasteiger partial charge in [-0.05, 0) is 43.7 Å². The van der Waals surface area contributed by atoms with E-state index in [4.69, 9.17) is 17.0 Å². The van der Waals surface area contributed by atoms with E-state index in [0.29, 0.717) is 22.9 Å². The Hall–Kier alpha value is -1.24. The maximum absolute atomic E-state index is 13.8. The number of para-hydroxylation sites is 1. The Balaban J connectivity index is 1.61. The van der Waals surface area contributed by atoms with Crippen LogP contribution in [-0.4, -0.2) is 46.3 Å². The van der Waals surface area contributed by atoms with E-state index in [1.54, 1.807) is 6.07 Å². The predicted octanol–water partition coefficient (Wildman–Crippen LogP) is 2.70. The van der Waals surface area contributed by atoms with Crippen LogP contribution in [0.1, 0.15) is 12.8 Å². The van der Waals surface area contributed by atoms with E-state index in [9.17, 15) is 4.39 Å². The third-order valence-electron chi connectivity index (χ3n) is 4.61. The molecule has 2 unspecified atom stereocenters. The predicted molar refractivity (Wildman–Crippen MR) is 81.4 cm³/mol. The number of H-pyrrole nitrogens is 1. The number of hydrogen-bond donors (Lipinski definition) is 1. The van der Waals surface area contributed by atoms with Crippen LogP contribution in [0, 0.1) is 10.6 Å². The second-order valence-corrected chi connectivity index (χ2v) is 6.31. The summed E-state index contributed by atoms with van der Waals surface area (Å²) in [5.41, 5.74) is 1.30. The number of aromatic nitrogens is 2. The average molecular weight is 307 g/mol. The van der Waals surface area contributed by atoms with E-state index in [2.05, 4.69) is 9.88 Å². The van der Waals surface area contributed by atoms with Crippen LogP contribution in [-0.2, 0) is 11.3 Å². The molecule has 4 nitrogen and oxygen atoms in total. The molecule has 1 aromatic carbocycles. The molecule has 112 valence electrons. The number of fused-ring (bicyclic) bond motifs is 2. The number of nitrogens with one attached hydrogen (secondary N) is 1. The molecule has 2 aromatic rings. The fraction of sp³-hybridized carbons (Fsp3) is 0.533. The van der Waals surface area contributed by atoms with Gasteiger partial charge in [0.15, 0.2) is 4.77 Å². The molecule has 0 aliphatic carbocycles. The summed E-state index contributed by atoms with van der Waals surface area (Å²) in [7, 11) is 0. The van der Waals surface area contributed by atoms with Crippen molar-refractivity contribution in [2.24, 2.45) is 0 Å². The van der Waals surface area contributed by atoms with Crippen molar-refractivity contribution in [2.75, 3.05) is 19.7 Å². The van der Waals surface area contributed by atoms with Crippen LogP contribution in [0.3, 0.4) is 0 Å². The van der Waals surface area contributed by atoms with Crippen molar-refractivity contribution >= 4 is 23.3 Å². The fourth-order valence-corrected chi connectivity index (χ4v) is 3.80. The van der Waals surface area contributed by atoms with E-state index in [0.717, 1.165) is 18.7 Å². The van der Waals surface area contributed by atoms with Crippen molar-refractivity contribution in [3.63, 3.8) is 0 Å². The van der Waals surface area contributed by atoms with Crippen molar-refractivity contribution < 1.29 is 9.13 Å². The van der Waals surface area contributed by atoms with Gasteiger partial charge in [-0.1, -0.05) is 6.07 Å². The van der Waals surface area contributed by atoms with Crippen LogP contribution < -0.4 is 0 Å². The first kappa shape index (κ1) is 13.4. The summed E-state index contributed by atoms with van der Waals surface area (Å²) in [5, 5.41) is 0. The minimum Gasteiger partial charge on any atom is -0.373 e. The van der Waals surface area contributed by atoms with E-state index in [-0.39, 0.29) is 11.9 Å². The maximum atomic E-state index is 13.8. The smallest absolute Gasteiger partial charge is 0.178 e. The van der Waals surface area contributed by atoms with Gasteiger partial charge in [0.25, 0.3) is 0 Å². The molecule has 1 aromatic heterocycles. The summed E-state index contributed by atoms with van der Waals surface area (Å²) in [6, 6.07) is 5.65. The number of benzene rings is 1. The van der Waals surface area contributed by atoms with E-state index < -0.39 is 0 Å². The van der Waals surface area contributed by atoms with Crippen molar-refractivity contribution in [2.45, 2.75) is 31.5 Å². The number of morpholine rings is 1. The molecule has 3 heterocycles. The van der Waals surface area contributed by atoms with Gasteiger partial charge in [0.05, 0.1) is 24.8 Å². The van der Waals surface area contributed by atoms with Gasteiger partial charge in [-0.15, -0.1) is 0 Å².